The highest BCUT2D eigenvalue weighted by Gasteiger charge is 2.33. The molecular weight excluding hydrogens is 309 g/mol. The van der Waals surface area contributed by atoms with Crippen LogP contribution in [0, 0.1) is 5.82 Å². The van der Waals surface area contributed by atoms with Crippen molar-refractivity contribution in [1.82, 2.24) is 0 Å². The predicted molar refractivity (Wildman–Crippen MR) is 94.1 cm³/mol. The third-order valence-corrected chi connectivity index (χ3v) is 5.27. The third kappa shape index (κ3) is 3.58. The van der Waals surface area contributed by atoms with Gasteiger partial charge in [-0.1, -0.05) is 37.6 Å². The topological polar surface area (TPSA) is 20.3 Å². The molecule has 1 saturated heterocycles. The summed E-state index contributed by atoms with van der Waals surface area (Å²) in [5.41, 5.74) is 3.17. The lowest BCUT2D eigenvalue weighted by molar-refractivity contribution is -0.115. The maximum atomic E-state index is 13.1. The molecule has 1 atom stereocenters. The van der Waals surface area contributed by atoms with Gasteiger partial charge in [-0.05, 0) is 48.2 Å². The number of carbonyl (C=O) groups excluding carboxylic acids is 1. The highest BCUT2D eigenvalue weighted by Crippen LogP contribution is 2.41. The summed E-state index contributed by atoms with van der Waals surface area (Å²) in [6.45, 7) is 2.18. The van der Waals surface area contributed by atoms with E-state index >= 15 is 0 Å². The molecule has 4 heteroatoms. The second-order valence-electron chi connectivity index (χ2n) is 5.75. The Kier molecular flexibility index (Phi) is 5.01. The number of hydrogen-bond acceptors (Lipinski definition) is 2. The monoisotopic (exact) mass is 329 g/mol. The van der Waals surface area contributed by atoms with E-state index in [1.54, 1.807) is 23.9 Å². The zero-order valence-corrected chi connectivity index (χ0v) is 14.0. The Morgan fingerprint density at radius 2 is 1.83 bits per heavy atom. The number of rotatable bonds is 5. The summed E-state index contributed by atoms with van der Waals surface area (Å²) in [7, 11) is 0. The first-order valence-corrected chi connectivity index (χ1v) is 9.02. The number of aryl methyl sites for hydroxylation is 1. The number of halogens is 1. The number of amides is 1. The molecule has 1 aliphatic heterocycles. The van der Waals surface area contributed by atoms with E-state index in [1.165, 1.54) is 30.5 Å². The lowest BCUT2D eigenvalue weighted by Gasteiger charge is -2.24. The van der Waals surface area contributed by atoms with E-state index in [2.05, 4.69) is 19.1 Å². The van der Waals surface area contributed by atoms with Crippen molar-refractivity contribution in [2.45, 2.75) is 31.6 Å². The number of nitrogens with zero attached hydrogens (tertiary/aromatic N) is 1. The van der Waals surface area contributed by atoms with Crippen molar-refractivity contribution in [2.75, 3.05) is 10.7 Å². The van der Waals surface area contributed by atoms with Gasteiger partial charge in [0.2, 0.25) is 5.91 Å². The van der Waals surface area contributed by atoms with Crippen molar-refractivity contribution in [2.24, 2.45) is 0 Å². The van der Waals surface area contributed by atoms with E-state index in [1.807, 2.05) is 17.0 Å². The fourth-order valence-corrected chi connectivity index (χ4v) is 3.96. The molecule has 2 aromatic rings. The second kappa shape index (κ2) is 7.18. The van der Waals surface area contributed by atoms with Crippen LogP contribution < -0.4 is 4.90 Å². The molecule has 0 spiro atoms. The molecule has 1 heterocycles. The van der Waals surface area contributed by atoms with Gasteiger partial charge in [0.15, 0.2) is 0 Å². The van der Waals surface area contributed by atoms with E-state index in [0.717, 1.165) is 17.7 Å². The Labute approximate surface area is 140 Å². The molecule has 0 aromatic heterocycles. The molecule has 1 aliphatic rings. The van der Waals surface area contributed by atoms with Crippen LogP contribution in [0.25, 0.3) is 0 Å². The Bertz CT molecular complexity index is 669. The van der Waals surface area contributed by atoms with Gasteiger partial charge in [0.25, 0.3) is 0 Å². The average molecular weight is 329 g/mol. The summed E-state index contributed by atoms with van der Waals surface area (Å²) in [5.74, 6) is 0.306. The fourth-order valence-electron chi connectivity index (χ4n) is 2.78. The first-order valence-electron chi connectivity index (χ1n) is 7.97. The van der Waals surface area contributed by atoms with Crippen LogP contribution in [0.3, 0.4) is 0 Å². The van der Waals surface area contributed by atoms with Gasteiger partial charge in [0, 0.05) is 5.69 Å². The molecule has 0 aliphatic carbocycles. The molecule has 0 N–H and O–H groups in total. The van der Waals surface area contributed by atoms with Gasteiger partial charge in [-0.3, -0.25) is 9.69 Å². The maximum absolute atomic E-state index is 13.1. The van der Waals surface area contributed by atoms with Crippen LogP contribution in [0.2, 0.25) is 0 Å². The van der Waals surface area contributed by atoms with Gasteiger partial charge in [-0.15, -0.1) is 11.8 Å². The van der Waals surface area contributed by atoms with Crippen LogP contribution in [-0.2, 0) is 11.2 Å². The SMILES string of the molecule is CCCCc1ccc(N2C(=O)CS[C@H]2c2ccc(F)cc2)cc1. The van der Waals surface area contributed by atoms with E-state index in [-0.39, 0.29) is 17.1 Å². The molecule has 1 amide bonds. The van der Waals surface area contributed by atoms with Gasteiger partial charge in [0.1, 0.15) is 11.2 Å². The molecule has 0 saturated carbocycles. The first-order chi connectivity index (χ1) is 11.2. The summed E-state index contributed by atoms with van der Waals surface area (Å²) in [6, 6.07) is 14.7. The van der Waals surface area contributed by atoms with Crippen molar-refractivity contribution < 1.29 is 9.18 Å². The van der Waals surface area contributed by atoms with Crippen molar-refractivity contribution in [1.29, 1.82) is 0 Å². The van der Waals surface area contributed by atoms with Crippen molar-refractivity contribution in [3.63, 3.8) is 0 Å². The summed E-state index contributed by atoms with van der Waals surface area (Å²) < 4.78 is 13.1. The van der Waals surface area contributed by atoms with E-state index in [0.29, 0.717) is 5.75 Å². The Hall–Kier alpha value is -1.81. The molecule has 0 radical (unpaired) electrons. The molecule has 23 heavy (non-hydrogen) atoms. The lowest BCUT2D eigenvalue weighted by atomic mass is 10.1. The molecule has 3 rings (SSSR count). The number of carbonyl (C=O) groups is 1. The van der Waals surface area contributed by atoms with Gasteiger partial charge in [-0.2, -0.15) is 0 Å². The van der Waals surface area contributed by atoms with Crippen molar-refractivity contribution >= 4 is 23.4 Å². The van der Waals surface area contributed by atoms with E-state index < -0.39 is 0 Å². The Morgan fingerprint density at radius 3 is 2.48 bits per heavy atom. The maximum Gasteiger partial charge on any atom is 0.238 e. The molecule has 0 bridgehead atoms. The highest BCUT2D eigenvalue weighted by atomic mass is 32.2. The number of hydrogen-bond donors (Lipinski definition) is 0. The van der Waals surface area contributed by atoms with Crippen molar-refractivity contribution in [3.8, 4) is 0 Å². The summed E-state index contributed by atoms with van der Waals surface area (Å²) in [4.78, 5) is 14.1. The van der Waals surface area contributed by atoms with Gasteiger partial charge in [-0.25, -0.2) is 4.39 Å². The molecule has 2 nitrogen and oxygen atoms in total. The van der Waals surface area contributed by atoms with Crippen LogP contribution >= 0.6 is 11.8 Å². The molecule has 0 unspecified atom stereocenters. The molecule has 120 valence electrons. The number of anilines is 1. The first kappa shape index (κ1) is 16.1. The number of unbranched alkanes of at least 4 members (excludes halogenated alkanes) is 1. The standard InChI is InChI=1S/C19H20FNOS/c1-2-3-4-14-5-11-17(12-6-14)21-18(22)13-23-19(21)15-7-9-16(20)10-8-15/h5-12,19H,2-4,13H2,1H3/t19-/m0/s1. The predicted octanol–water partition coefficient (Wildman–Crippen LogP) is 4.95. The zero-order chi connectivity index (χ0) is 16.2. The summed E-state index contributed by atoms with van der Waals surface area (Å²) in [6.07, 6.45) is 3.42. The second-order valence-corrected chi connectivity index (χ2v) is 6.82. The number of thioether (sulfide) groups is 1. The van der Waals surface area contributed by atoms with Crippen LogP contribution in [0.15, 0.2) is 48.5 Å². The minimum absolute atomic E-state index is 0.0791. The van der Waals surface area contributed by atoms with Gasteiger partial charge in [0.05, 0.1) is 5.75 Å². The number of benzene rings is 2. The highest BCUT2D eigenvalue weighted by molar-refractivity contribution is 8.00. The Balaban J connectivity index is 1.83. The van der Waals surface area contributed by atoms with Crippen LogP contribution in [0.1, 0.15) is 36.3 Å². The van der Waals surface area contributed by atoms with Crippen LogP contribution in [-0.4, -0.2) is 11.7 Å². The largest absolute Gasteiger partial charge is 0.295 e. The molecular formula is C19H20FNOS. The molecule has 2 aromatic carbocycles. The normalized spacial score (nSPS) is 17.7. The van der Waals surface area contributed by atoms with Crippen LogP contribution in [0.4, 0.5) is 10.1 Å². The zero-order valence-electron chi connectivity index (χ0n) is 13.2. The van der Waals surface area contributed by atoms with Crippen LogP contribution in [0.5, 0.6) is 0 Å². The minimum Gasteiger partial charge on any atom is -0.295 e. The van der Waals surface area contributed by atoms with E-state index in [9.17, 15) is 9.18 Å². The smallest absolute Gasteiger partial charge is 0.238 e. The lowest BCUT2D eigenvalue weighted by Crippen LogP contribution is -2.27. The minimum atomic E-state index is -0.255. The Morgan fingerprint density at radius 1 is 1.13 bits per heavy atom. The fraction of sp³-hybridized carbons (Fsp3) is 0.316. The van der Waals surface area contributed by atoms with Gasteiger partial charge < -0.3 is 0 Å². The summed E-state index contributed by atoms with van der Waals surface area (Å²) >= 11 is 1.58. The van der Waals surface area contributed by atoms with E-state index in [4.69, 9.17) is 0 Å². The van der Waals surface area contributed by atoms with Crippen molar-refractivity contribution in [3.05, 3.63) is 65.5 Å². The average Bonchev–Trinajstić information content (AvgIpc) is 2.96. The quantitative estimate of drug-likeness (QED) is 0.774. The third-order valence-electron chi connectivity index (χ3n) is 4.06. The van der Waals surface area contributed by atoms with Gasteiger partial charge >= 0.3 is 0 Å². The summed E-state index contributed by atoms with van der Waals surface area (Å²) in [5, 5.41) is -0.0791. The molecule has 1 fully saturated rings.